The molecule has 1 atom stereocenters. The lowest BCUT2D eigenvalue weighted by Gasteiger charge is -2.26. The number of carbonyl (C=O) groups is 1. The highest BCUT2D eigenvalue weighted by Gasteiger charge is 2.35. The first kappa shape index (κ1) is 28.5. The summed E-state index contributed by atoms with van der Waals surface area (Å²) in [6.07, 6.45) is 5.65. The predicted molar refractivity (Wildman–Crippen MR) is 147 cm³/mol. The van der Waals surface area contributed by atoms with Gasteiger partial charge in [0, 0.05) is 17.5 Å². The molecule has 208 valence electrons. The molecule has 0 amide bonds. The Balaban J connectivity index is 1.63. The van der Waals surface area contributed by atoms with E-state index in [1.807, 2.05) is 18.2 Å². The number of nitrogens with zero attached hydrogens (tertiary/aromatic N) is 1. The molecule has 1 N–H and O–H groups in total. The molecule has 1 aliphatic rings. The molecule has 39 heavy (non-hydrogen) atoms. The molecule has 0 aliphatic heterocycles. The van der Waals surface area contributed by atoms with Crippen LogP contribution in [0.2, 0.25) is 0 Å². The summed E-state index contributed by atoms with van der Waals surface area (Å²) >= 11 is 0. The molecule has 1 aliphatic carbocycles. The zero-order chi connectivity index (χ0) is 28.2. The van der Waals surface area contributed by atoms with Gasteiger partial charge in [-0.2, -0.15) is 0 Å². The number of benzene rings is 2. The van der Waals surface area contributed by atoms with Crippen molar-refractivity contribution in [1.29, 1.82) is 0 Å². The monoisotopic (exact) mass is 537 g/mol. The number of carboxylic acids is 1. The van der Waals surface area contributed by atoms with Gasteiger partial charge in [-0.25, -0.2) is 13.8 Å². The zero-order valence-corrected chi connectivity index (χ0v) is 23.1. The molecule has 1 heterocycles. The molecule has 0 saturated heterocycles. The maximum absolute atomic E-state index is 15.5. The quantitative estimate of drug-likeness (QED) is 0.240. The van der Waals surface area contributed by atoms with E-state index in [1.165, 1.54) is 13.3 Å². The topological polar surface area (TPSA) is 68.7 Å². The molecule has 0 spiro atoms. The Morgan fingerprint density at radius 3 is 2.59 bits per heavy atom. The van der Waals surface area contributed by atoms with E-state index in [0.29, 0.717) is 17.0 Å². The fourth-order valence-electron chi connectivity index (χ4n) is 5.47. The van der Waals surface area contributed by atoms with Crippen LogP contribution >= 0.6 is 0 Å². The lowest BCUT2D eigenvalue weighted by Crippen LogP contribution is -2.15. The fourth-order valence-corrected chi connectivity index (χ4v) is 5.47. The minimum absolute atomic E-state index is 0.0149. The van der Waals surface area contributed by atoms with Crippen molar-refractivity contribution in [3.05, 3.63) is 77.0 Å². The van der Waals surface area contributed by atoms with E-state index >= 15 is 4.39 Å². The Kier molecular flexibility index (Phi) is 8.88. The largest absolute Gasteiger partial charge is 0.486 e. The number of aliphatic carboxylic acids is 1. The molecule has 3 aromatic rings. The molecule has 5 nitrogen and oxygen atoms in total. The van der Waals surface area contributed by atoms with E-state index in [9.17, 15) is 14.3 Å². The number of halogens is 2. The van der Waals surface area contributed by atoms with E-state index < -0.39 is 17.6 Å². The third kappa shape index (κ3) is 7.14. The van der Waals surface area contributed by atoms with Crippen molar-refractivity contribution in [2.75, 3.05) is 7.11 Å². The van der Waals surface area contributed by atoms with Crippen molar-refractivity contribution >= 4 is 5.97 Å². The first-order valence-electron chi connectivity index (χ1n) is 13.6. The smallest absolute Gasteiger partial charge is 0.303 e. The second-order valence-corrected chi connectivity index (χ2v) is 11.3. The highest BCUT2D eigenvalue weighted by atomic mass is 19.1. The third-order valence-electron chi connectivity index (χ3n) is 7.47. The number of hydrogen-bond acceptors (Lipinski definition) is 4. The van der Waals surface area contributed by atoms with Crippen LogP contribution in [-0.4, -0.2) is 23.2 Å². The van der Waals surface area contributed by atoms with Gasteiger partial charge < -0.3 is 14.6 Å². The number of carboxylic acid groups (broad SMARTS) is 1. The second kappa shape index (κ2) is 12.1. The van der Waals surface area contributed by atoms with Crippen LogP contribution in [0, 0.1) is 23.0 Å². The van der Waals surface area contributed by atoms with Crippen LogP contribution in [0.5, 0.6) is 11.6 Å². The van der Waals surface area contributed by atoms with Gasteiger partial charge in [0.05, 0.1) is 19.7 Å². The van der Waals surface area contributed by atoms with Crippen LogP contribution in [0.3, 0.4) is 0 Å². The van der Waals surface area contributed by atoms with Crippen LogP contribution in [0.25, 0.3) is 11.1 Å². The SMILES string of the molecule is CCCC(C)(C)Cc1cc(COc2cccc(C(CC(=O)O)C3CC3)c2F)ccc1-c1cc(OC)ncc1F. The normalized spacial score (nSPS) is 14.2. The Morgan fingerprint density at radius 2 is 1.92 bits per heavy atom. The third-order valence-corrected chi connectivity index (χ3v) is 7.47. The van der Waals surface area contributed by atoms with Crippen molar-refractivity contribution < 1.29 is 28.2 Å². The van der Waals surface area contributed by atoms with Crippen molar-refractivity contribution in [2.24, 2.45) is 11.3 Å². The minimum atomic E-state index is -0.931. The van der Waals surface area contributed by atoms with Gasteiger partial charge in [-0.15, -0.1) is 0 Å². The van der Waals surface area contributed by atoms with Gasteiger partial charge in [0.1, 0.15) is 12.4 Å². The lowest BCUT2D eigenvalue weighted by atomic mass is 9.79. The van der Waals surface area contributed by atoms with Gasteiger partial charge in [0.25, 0.3) is 0 Å². The number of pyridine rings is 1. The van der Waals surface area contributed by atoms with E-state index in [2.05, 4.69) is 25.8 Å². The van der Waals surface area contributed by atoms with Crippen molar-refractivity contribution in [1.82, 2.24) is 4.98 Å². The minimum Gasteiger partial charge on any atom is -0.486 e. The molecule has 7 heteroatoms. The number of ether oxygens (including phenoxy) is 2. The molecule has 2 aromatic carbocycles. The number of methoxy groups -OCH3 is 1. The molecule has 0 radical (unpaired) electrons. The molecular formula is C32H37F2NO4. The van der Waals surface area contributed by atoms with Crippen molar-refractivity contribution in [2.45, 2.75) is 71.8 Å². The van der Waals surface area contributed by atoms with E-state index in [-0.39, 0.29) is 36.0 Å². The fraction of sp³-hybridized carbons (Fsp3) is 0.438. The summed E-state index contributed by atoms with van der Waals surface area (Å²) in [6, 6.07) is 12.3. The summed E-state index contributed by atoms with van der Waals surface area (Å²) in [6.45, 7) is 6.66. The number of rotatable bonds is 13. The lowest BCUT2D eigenvalue weighted by molar-refractivity contribution is -0.137. The maximum Gasteiger partial charge on any atom is 0.303 e. The van der Waals surface area contributed by atoms with Gasteiger partial charge in [0.2, 0.25) is 5.88 Å². The van der Waals surface area contributed by atoms with Crippen LogP contribution in [0.1, 0.15) is 75.5 Å². The van der Waals surface area contributed by atoms with Crippen LogP contribution in [-0.2, 0) is 17.8 Å². The molecule has 4 rings (SSSR count). The average Bonchev–Trinajstić information content (AvgIpc) is 3.73. The van der Waals surface area contributed by atoms with Crippen LogP contribution in [0.4, 0.5) is 8.78 Å². The molecule has 1 saturated carbocycles. The highest BCUT2D eigenvalue weighted by Crippen LogP contribution is 2.46. The average molecular weight is 538 g/mol. The first-order chi connectivity index (χ1) is 18.6. The van der Waals surface area contributed by atoms with Crippen LogP contribution in [0.15, 0.2) is 48.7 Å². The van der Waals surface area contributed by atoms with Gasteiger partial charge in [-0.05, 0) is 65.3 Å². The van der Waals surface area contributed by atoms with Gasteiger partial charge >= 0.3 is 5.97 Å². The zero-order valence-electron chi connectivity index (χ0n) is 23.1. The second-order valence-electron chi connectivity index (χ2n) is 11.3. The van der Waals surface area contributed by atoms with E-state index in [0.717, 1.165) is 48.8 Å². The summed E-state index contributed by atoms with van der Waals surface area (Å²) in [5.41, 5.74) is 3.36. The van der Waals surface area contributed by atoms with E-state index in [4.69, 9.17) is 9.47 Å². The first-order valence-corrected chi connectivity index (χ1v) is 13.6. The van der Waals surface area contributed by atoms with Crippen molar-refractivity contribution in [3.63, 3.8) is 0 Å². The highest BCUT2D eigenvalue weighted by molar-refractivity contribution is 5.69. The molecule has 1 fully saturated rings. The predicted octanol–water partition coefficient (Wildman–Crippen LogP) is 7.95. The molecular weight excluding hydrogens is 500 g/mol. The van der Waals surface area contributed by atoms with Gasteiger partial charge in [0.15, 0.2) is 11.6 Å². The Hall–Kier alpha value is -3.48. The number of hydrogen-bond donors (Lipinski definition) is 1. The Morgan fingerprint density at radius 1 is 1.15 bits per heavy atom. The maximum atomic E-state index is 15.5. The molecule has 1 unspecified atom stereocenters. The molecule has 1 aromatic heterocycles. The summed E-state index contributed by atoms with van der Waals surface area (Å²) in [5, 5.41) is 9.34. The van der Waals surface area contributed by atoms with Gasteiger partial charge in [-0.3, -0.25) is 4.79 Å². The van der Waals surface area contributed by atoms with Gasteiger partial charge in [-0.1, -0.05) is 57.5 Å². The van der Waals surface area contributed by atoms with Crippen LogP contribution < -0.4 is 9.47 Å². The Labute approximate surface area is 229 Å². The summed E-state index contributed by atoms with van der Waals surface area (Å²) in [4.78, 5) is 15.4. The summed E-state index contributed by atoms with van der Waals surface area (Å²) in [7, 11) is 1.50. The summed E-state index contributed by atoms with van der Waals surface area (Å²) in [5.74, 6) is -1.59. The van der Waals surface area contributed by atoms with Crippen molar-refractivity contribution in [3.8, 4) is 22.8 Å². The molecule has 0 bridgehead atoms. The number of aromatic nitrogens is 1. The van der Waals surface area contributed by atoms with E-state index in [1.54, 1.807) is 24.3 Å². The summed E-state index contributed by atoms with van der Waals surface area (Å²) < 4.78 is 41.5. The Bertz CT molecular complexity index is 1320. The standard InChI is InChI=1S/C32H37F2NO4/c1-5-13-32(2,3)17-22-14-20(9-12-23(22)26-15-29(38-4)35-18-27(26)33)19-39-28-8-6-7-24(31(28)34)25(16-30(36)37)21-10-11-21/h6-9,12,14-15,18,21,25H,5,10-11,13,16-17,19H2,1-4H3,(H,36,37).